The summed E-state index contributed by atoms with van der Waals surface area (Å²) in [5, 5.41) is 0. The fraction of sp³-hybridized carbons (Fsp3) is 0.385. The van der Waals surface area contributed by atoms with Crippen LogP contribution in [0.3, 0.4) is 0 Å². The van der Waals surface area contributed by atoms with Crippen molar-refractivity contribution in [3.8, 4) is 0 Å². The first-order valence-corrected chi connectivity index (χ1v) is 7.55. The van der Waals surface area contributed by atoms with Gasteiger partial charge in [-0.25, -0.2) is 0 Å². The molecule has 1 rings (SSSR count). The summed E-state index contributed by atoms with van der Waals surface area (Å²) >= 11 is 0. The molecule has 0 heterocycles. The molecule has 1 aromatic rings. The average molecular weight is 362 g/mol. The molecular formula is C13H12F6O3S. The highest BCUT2D eigenvalue weighted by Gasteiger charge is 2.47. The van der Waals surface area contributed by atoms with E-state index in [4.69, 9.17) is 0 Å². The maximum Gasteiger partial charge on any atom is 0.523 e. The fourth-order valence-corrected chi connectivity index (χ4v) is 2.03. The summed E-state index contributed by atoms with van der Waals surface area (Å²) in [4.78, 5) is 0. The van der Waals surface area contributed by atoms with Crippen LogP contribution in [0.15, 0.2) is 24.3 Å². The molecule has 1 aromatic carbocycles. The third-order valence-corrected chi connectivity index (χ3v) is 3.59. The molecule has 130 valence electrons. The van der Waals surface area contributed by atoms with E-state index in [9.17, 15) is 34.8 Å². The largest absolute Gasteiger partial charge is 0.523 e. The second-order valence-corrected chi connectivity index (χ2v) is 6.15. The lowest BCUT2D eigenvalue weighted by molar-refractivity contribution is -0.137. The van der Waals surface area contributed by atoms with E-state index in [1.165, 1.54) is 25.1 Å². The summed E-state index contributed by atoms with van der Waals surface area (Å²) in [5.41, 5.74) is -5.81. The van der Waals surface area contributed by atoms with E-state index in [2.05, 4.69) is 4.18 Å². The number of hydrogen-bond donors (Lipinski definition) is 0. The number of benzene rings is 1. The summed E-state index contributed by atoms with van der Waals surface area (Å²) in [7, 11) is -5.66. The molecule has 0 amide bonds. The lowest BCUT2D eigenvalue weighted by Crippen LogP contribution is -2.25. The number of halogens is 6. The molecule has 0 aliphatic rings. The van der Waals surface area contributed by atoms with Crippen LogP contribution >= 0.6 is 0 Å². The van der Waals surface area contributed by atoms with Gasteiger partial charge >= 0.3 is 21.8 Å². The lowest BCUT2D eigenvalue weighted by Gasteiger charge is -2.09. The van der Waals surface area contributed by atoms with Crippen LogP contribution in [0.1, 0.15) is 23.1 Å². The molecule has 0 saturated heterocycles. The number of rotatable bonds is 5. The first-order chi connectivity index (χ1) is 10.3. The quantitative estimate of drug-likeness (QED) is 0.340. The standard InChI is InChI=1S/C13H12F6O3S/c1-9-6-10(8-11(7-9)12(14,15)16)4-2-3-5-22-23(20,21)13(17,18)19/h2,4,6-8H,3,5H2,1H3/b4-2-. The number of alkyl halides is 6. The Morgan fingerprint density at radius 2 is 1.70 bits per heavy atom. The van der Waals surface area contributed by atoms with Gasteiger partial charge in [-0.1, -0.05) is 18.2 Å². The van der Waals surface area contributed by atoms with Crippen LogP contribution in [-0.2, 0) is 20.5 Å². The van der Waals surface area contributed by atoms with Crippen molar-refractivity contribution in [3.63, 3.8) is 0 Å². The van der Waals surface area contributed by atoms with Crippen LogP contribution < -0.4 is 0 Å². The summed E-state index contributed by atoms with van der Waals surface area (Å²) in [6.07, 6.45) is -2.27. The Kier molecular flexibility index (Phi) is 5.86. The predicted octanol–water partition coefficient (Wildman–Crippen LogP) is 4.28. The first kappa shape index (κ1) is 19.5. The Balaban J connectivity index is 2.68. The van der Waals surface area contributed by atoms with Crippen molar-refractivity contribution in [2.45, 2.75) is 25.0 Å². The van der Waals surface area contributed by atoms with Crippen molar-refractivity contribution in [2.24, 2.45) is 0 Å². The zero-order chi connectivity index (χ0) is 17.9. The molecule has 23 heavy (non-hydrogen) atoms. The van der Waals surface area contributed by atoms with Gasteiger partial charge in [0, 0.05) is 0 Å². The Bertz CT molecular complexity index is 674. The maximum atomic E-state index is 12.6. The summed E-state index contributed by atoms with van der Waals surface area (Å²) in [6.45, 7) is 0.696. The monoisotopic (exact) mass is 362 g/mol. The van der Waals surface area contributed by atoms with Crippen LogP contribution in [-0.4, -0.2) is 20.5 Å². The Hall–Kier alpha value is -1.55. The van der Waals surface area contributed by atoms with Crippen molar-refractivity contribution in [1.29, 1.82) is 0 Å². The second-order valence-electron chi connectivity index (χ2n) is 4.54. The van der Waals surface area contributed by atoms with Gasteiger partial charge in [-0.05, 0) is 36.6 Å². The van der Waals surface area contributed by atoms with Crippen molar-refractivity contribution in [1.82, 2.24) is 0 Å². The van der Waals surface area contributed by atoms with Crippen LogP contribution in [0.2, 0.25) is 0 Å². The van der Waals surface area contributed by atoms with Gasteiger partial charge in [0.05, 0.1) is 12.2 Å². The molecule has 0 N–H and O–H groups in total. The maximum absolute atomic E-state index is 12.6. The van der Waals surface area contributed by atoms with E-state index in [1.807, 2.05) is 0 Å². The van der Waals surface area contributed by atoms with Gasteiger partial charge in [0.2, 0.25) is 0 Å². The van der Waals surface area contributed by atoms with Gasteiger partial charge in [-0.15, -0.1) is 0 Å². The van der Waals surface area contributed by atoms with Crippen LogP contribution in [0.25, 0.3) is 6.08 Å². The molecule has 0 aromatic heterocycles. The molecule has 0 radical (unpaired) electrons. The minimum absolute atomic E-state index is 0.191. The third-order valence-electron chi connectivity index (χ3n) is 2.54. The minimum atomic E-state index is -5.66. The smallest absolute Gasteiger partial charge is 0.263 e. The SMILES string of the molecule is Cc1cc(/C=C\CCOS(=O)(=O)C(F)(F)F)cc(C(F)(F)F)c1. The van der Waals surface area contributed by atoms with Gasteiger partial charge in [0.25, 0.3) is 0 Å². The normalized spacial score (nSPS) is 13.7. The number of hydrogen-bond acceptors (Lipinski definition) is 3. The first-order valence-electron chi connectivity index (χ1n) is 6.14. The van der Waals surface area contributed by atoms with Gasteiger partial charge in [0.1, 0.15) is 0 Å². The predicted molar refractivity (Wildman–Crippen MR) is 70.8 cm³/mol. The van der Waals surface area contributed by atoms with Crippen molar-refractivity contribution >= 4 is 16.2 Å². The van der Waals surface area contributed by atoms with Crippen molar-refractivity contribution < 1.29 is 38.9 Å². The van der Waals surface area contributed by atoms with Gasteiger partial charge in [0.15, 0.2) is 0 Å². The molecule has 0 saturated carbocycles. The molecule has 0 fully saturated rings. The third kappa shape index (κ3) is 5.87. The molecular weight excluding hydrogens is 350 g/mol. The highest BCUT2D eigenvalue weighted by atomic mass is 32.2. The van der Waals surface area contributed by atoms with E-state index in [-0.39, 0.29) is 12.0 Å². The minimum Gasteiger partial charge on any atom is -0.263 e. The Morgan fingerprint density at radius 1 is 1.09 bits per heavy atom. The summed E-state index contributed by atoms with van der Waals surface area (Å²) in [5.74, 6) is 0. The summed E-state index contributed by atoms with van der Waals surface area (Å²) < 4.78 is 98.7. The van der Waals surface area contributed by atoms with Crippen molar-refractivity contribution in [2.75, 3.05) is 6.61 Å². The molecule has 10 heteroatoms. The zero-order valence-electron chi connectivity index (χ0n) is 11.7. The van der Waals surface area contributed by atoms with E-state index < -0.39 is 34.0 Å². The van der Waals surface area contributed by atoms with Gasteiger partial charge in [-0.2, -0.15) is 34.8 Å². The average Bonchev–Trinajstić information content (AvgIpc) is 2.35. The van der Waals surface area contributed by atoms with E-state index in [0.717, 1.165) is 12.1 Å². The number of aryl methyl sites for hydroxylation is 1. The van der Waals surface area contributed by atoms with Crippen LogP contribution in [0.4, 0.5) is 26.3 Å². The molecule has 0 spiro atoms. The Labute approximate surface area is 128 Å². The second kappa shape index (κ2) is 6.91. The topological polar surface area (TPSA) is 43.4 Å². The van der Waals surface area contributed by atoms with Crippen LogP contribution in [0, 0.1) is 6.92 Å². The molecule has 0 atom stereocenters. The van der Waals surface area contributed by atoms with Crippen LogP contribution in [0.5, 0.6) is 0 Å². The van der Waals surface area contributed by atoms with Gasteiger partial charge < -0.3 is 0 Å². The zero-order valence-corrected chi connectivity index (χ0v) is 12.5. The fourth-order valence-electron chi connectivity index (χ4n) is 1.58. The molecule has 3 nitrogen and oxygen atoms in total. The highest BCUT2D eigenvalue weighted by Crippen LogP contribution is 2.31. The van der Waals surface area contributed by atoms with Crippen molar-refractivity contribution in [3.05, 3.63) is 41.0 Å². The molecule has 0 unspecified atom stereocenters. The molecule has 0 bridgehead atoms. The molecule has 0 aliphatic heterocycles. The Morgan fingerprint density at radius 3 is 2.22 bits per heavy atom. The summed E-state index contributed by atoms with van der Waals surface area (Å²) in [6, 6.07) is 3.27. The van der Waals surface area contributed by atoms with Gasteiger partial charge in [-0.3, -0.25) is 4.18 Å². The van der Waals surface area contributed by atoms with E-state index in [0.29, 0.717) is 5.56 Å². The lowest BCUT2D eigenvalue weighted by atomic mass is 10.1. The highest BCUT2D eigenvalue weighted by molar-refractivity contribution is 7.87. The molecule has 0 aliphatic carbocycles. The van der Waals surface area contributed by atoms with E-state index >= 15 is 0 Å². The van der Waals surface area contributed by atoms with E-state index in [1.54, 1.807) is 0 Å².